The minimum Gasteiger partial charge on any atom is -0.368 e. The summed E-state index contributed by atoms with van der Waals surface area (Å²) in [7, 11) is -3.65. The van der Waals surface area contributed by atoms with Gasteiger partial charge in [-0.25, -0.2) is 12.8 Å². The molecule has 30 heavy (non-hydrogen) atoms. The summed E-state index contributed by atoms with van der Waals surface area (Å²) in [4.78, 5) is 17.1. The standard InChI is InChI=1S/C22H28FN3O3S/c1-4-21(26(30(3,28)29)20-7-5-6-17(2)16-20)22(27)25-14-12-24(13-15-25)19-10-8-18(23)9-11-19/h5-11,16,21H,4,12-15H2,1-3H3/t21-/m0/s1. The molecule has 1 fully saturated rings. The van der Waals surface area contributed by atoms with Gasteiger partial charge in [-0.05, 0) is 55.3 Å². The highest BCUT2D eigenvalue weighted by molar-refractivity contribution is 7.92. The highest BCUT2D eigenvalue weighted by Gasteiger charge is 2.35. The first-order valence-electron chi connectivity index (χ1n) is 10.1. The van der Waals surface area contributed by atoms with Crippen LogP contribution in [-0.2, 0) is 14.8 Å². The van der Waals surface area contributed by atoms with Gasteiger partial charge < -0.3 is 9.80 Å². The maximum absolute atomic E-state index is 13.3. The number of carbonyl (C=O) groups is 1. The third-order valence-electron chi connectivity index (χ3n) is 5.35. The Morgan fingerprint density at radius 3 is 2.27 bits per heavy atom. The molecule has 1 saturated heterocycles. The number of piperazine rings is 1. The van der Waals surface area contributed by atoms with Crippen molar-refractivity contribution in [2.75, 3.05) is 41.6 Å². The van der Waals surface area contributed by atoms with Crippen LogP contribution in [0, 0.1) is 12.7 Å². The van der Waals surface area contributed by atoms with Crippen molar-refractivity contribution >= 4 is 27.3 Å². The quantitative estimate of drug-likeness (QED) is 0.703. The zero-order chi connectivity index (χ0) is 21.9. The predicted octanol–water partition coefficient (Wildman–Crippen LogP) is 3.03. The molecule has 6 nitrogen and oxygen atoms in total. The number of halogens is 1. The second-order valence-corrected chi connectivity index (χ2v) is 9.47. The molecule has 0 aromatic heterocycles. The second kappa shape index (κ2) is 9.04. The van der Waals surface area contributed by atoms with Crippen molar-refractivity contribution in [2.45, 2.75) is 26.3 Å². The average Bonchev–Trinajstić information content (AvgIpc) is 2.71. The van der Waals surface area contributed by atoms with Crippen LogP contribution in [-0.4, -0.2) is 57.7 Å². The zero-order valence-electron chi connectivity index (χ0n) is 17.6. The number of carbonyl (C=O) groups excluding carboxylic acids is 1. The number of sulfonamides is 1. The molecule has 0 bridgehead atoms. The molecule has 1 aliphatic heterocycles. The fraction of sp³-hybridized carbons (Fsp3) is 0.409. The Kier molecular flexibility index (Phi) is 6.65. The van der Waals surface area contributed by atoms with E-state index in [2.05, 4.69) is 4.90 Å². The second-order valence-electron chi connectivity index (χ2n) is 7.61. The van der Waals surface area contributed by atoms with E-state index in [9.17, 15) is 17.6 Å². The van der Waals surface area contributed by atoms with E-state index >= 15 is 0 Å². The number of hydrogen-bond donors (Lipinski definition) is 0. The van der Waals surface area contributed by atoms with Crippen molar-refractivity contribution < 1.29 is 17.6 Å². The molecule has 0 spiro atoms. The van der Waals surface area contributed by atoms with E-state index < -0.39 is 16.1 Å². The van der Waals surface area contributed by atoms with Crippen LogP contribution < -0.4 is 9.21 Å². The Labute approximate surface area is 177 Å². The molecule has 1 amide bonds. The van der Waals surface area contributed by atoms with Crippen LogP contribution in [0.5, 0.6) is 0 Å². The van der Waals surface area contributed by atoms with Gasteiger partial charge >= 0.3 is 0 Å². The molecule has 2 aromatic carbocycles. The highest BCUT2D eigenvalue weighted by atomic mass is 32.2. The van der Waals surface area contributed by atoms with Crippen LogP contribution in [0.3, 0.4) is 0 Å². The lowest BCUT2D eigenvalue weighted by atomic mass is 10.1. The Morgan fingerprint density at radius 2 is 1.73 bits per heavy atom. The third-order valence-corrected chi connectivity index (χ3v) is 6.53. The minimum atomic E-state index is -3.65. The largest absolute Gasteiger partial charge is 0.368 e. The number of rotatable bonds is 6. The molecular formula is C22H28FN3O3S. The first kappa shape index (κ1) is 22.1. The maximum atomic E-state index is 13.3. The number of amides is 1. The van der Waals surface area contributed by atoms with Crippen LogP contribution in [0.2, 0.25) is 0 Å². The van der Waals surface area contributed by atoms with E-state index in [1.807, 2.05) is 19.9 Å². The average molecular weight is 434 g/mol. The minimum absolute atomic E-state index is 0.191. The summed E-state index contributed by atoms with van der Waals surface area (Å²) in [6.45, 7) is 5.90. The molecule has 3 rings (SSSR count). The number of anilines is 2. The summed E-state index contributed by atoms with van der Waals surface area (Å²) < 4.78 is 39.6. The molecule has 0 N–H and O–H groups in total. The van der Waals surface area contributed by atoms with E-state index in [4.69, 9.17) is 0 Å². The lowest BCUT2D eigenvalue weighted by Crippen LogP contribution is -2.56. The molecular weight excluding hydrogens is 405 g/mol. The van der Waals surface area contributed by atoms with Gasteiger partial charge in [-0.15, -0.1) is 0 Å². The van der Waals surface area contributed by atoms with Gasteiger partial charge in [-0.3, -0.25) is 9.10 Å². The van der Waals surface area contributed by atoms with Crippen molar-refractivity contribution in [3.05, 3.63) is 59.9 Å². The smallest absolute Gasteiger partial charge is 0.246 e. The van der Waals surface area contributed by atoms with E-state index in [1.165, 1.54) is 16.4 Å². The summed E-state index contributed by atoms with van der Waals surface area (Å²) in [5.41, 5.74) is 2.34. The molecule has 0 unspecified atom stereocenters. The van der Waals surface area contributed by atoms with Crippen molar-refractivity contribution in [1.82, 2.24) is 4.90 Å². The summed E-state index contributed by atoms with van der Waals surface area (Å²) >= 11 is 0. The number of aryl methyl sites for hydroxylation is 1. The van der Waals surface area contributed by atoms with Gasteiger partial charge in [0.25, 0.3) is 0 Å². The fourth-order valence-electron chi connectivity index (χ4n) is 3.86. The van der Waals surface area contributed by atoms with Crippen LogP contribution in [0.25, 0.3) is 0 Å². The Morgan fingerprint density at radius 1 is 1.10 bits per heavy atom. The lowest BCUT2D eigenvalue weighted by molar-refractivity contribution is -0.132. The van der Waals surface area contributed by atoms with Crippen LogP contribution >= 0.6 is 0 Å². The van der Waals surface area contributed by atoms with Gasteiger partial charge in [-0.2, -0.15) is 0 Å². The number of benzene rings is 2. The summed E-state index contributed by atoms with van der Waals surface area (Å²) in [6.07, 6.45) is 1.51. The molecule has 0 saturated carbocycles. The number of hydrogen-bond acceptors (Lipinski definition) is 4. The molecule has 1 atom stereocenters. The maximum Gasteiger partial charge on any atom is 0.246 e. The normalized spacial score (nSPS) is 15.7. The molecule has 1 heterocycles. The molecule has 1 aliphatic rings. The van der Waals surface area contributed by atoms with Gasteiger partial charge in [-0.1, -0.05) is 19.1 Å². The van der Waals surface area contributed by atoms with E-state index in [0.29, 0.717) is 38.3 Å². The highest BCUT2D eigenvalue weighted by Crippen LogP contribution is 2.25. The molecule has 0 aliphatic carbocycles. The van der Waals surface area contributed by atoms with Gasteiger partial charge in [0, 0.05) is 31.9 Å². The van der Waals surface area contributed by atoms with Crippen LogP contribution in [0.4, 0.5) is 15.8 Å². The molecule has 162 valence electrons. The molecule has 0 radical (unpaired) electrons. The summed E-state index contributed by atoms with van der Waals surface area (Å²) in [6, 6.07) is 12.7. The van der Waals surface area contributed by atoms with Gasteiger partial charge in [0.2, 0.25) is 15.9 Å². The van der Waals surface area contributed by atoms with Crippen molar-refractivity contribution in [2.24, 2.45) is 0 Å². The lowest BCUT2D eigenvalue weighted by Gasteiger charge is -2.39. The Hall–Kier alpha value is -2.61. The monoisotopic (exact) mass is 433 g/mol. The molecule has 2 aromatic rings. The first-order chi connectivity index (χ1) is 14.2. The van der Waals surface area contributed by atoms with Gasteiger partial charge in [0.05, 0.1) is 11.9 Å². The Bertz CT molecular complexity index is 987. The van der Waals surface area contributed by atoms with E-state index in [-0.39, 0.29) is 11.7 Å². The van der Waals surface area contributed by atoms with Gasteiger partial charge in [0.15, 0.2) is 0 Å². The van der Waals surface area contributed by atoms with Crippen molar-refractivity contribution in [3.63, 3.8) is 0 Å². The molecule has 8 heteroatoms. The van der Waals surface area contributed by atoms with E-state index in [1.54, 1.807) is 35.2 Å². The van der Waals surface area contributed by atoms with Crippen molar-refractivity contribution in [3.8, 4) is 0 Å². The summed E-state index contributed by atoms with van der Waals surface area (Å²) in [5, 5.41) is 0. The summed E-state index contributed by atoms with van der Waals surface area (Å²) in [5.74, 6) is -0.474. The number of nitrogens with zero attached hydrogens (tertiary/aromatic N) is 3. The van der Waals surface area contributed by atoms with Crippen LogP contribution in [0.15, 0.2) is 48.5 Å². The first-order valence-corrected chi connectivity index (χ1v) is 11.9. The van der Waals surface area contributed by atoms with Crippen LogP contribution in [0.1, 0.15) is 18.9 Å². The Balaban J connectivity index is 1.77. The predicted molar refractivity (Wildman–Crippen MR) is 118 cm³/mol. The van der Waals surface area contributed by atoms with Crippen molar-refractivity contribution in [1.29, 1.82) is 0 Å². The topological polar surface area (TPSA) is 60.9 Å². The SMILES string of the molecule is CC[C@@H](C(=O)N1CCN(c2ccc(F)cc2)CC1)N(c1cccc(C)c1)S(C)(=O)=O. The third kappa shape index (κ3) is 4.92. The van der Waals surface area contributed by atoms with Gasteiger partial charge in [0.1, 0.15) is 11.9 Å². The zero-order valence-corrected chi connectivity index (χ0v) is 18.4. The van der Waals surface area contributed by atoms with E-state index in [0.717, 1.165) is 17.5 Å². The fourth-order valence-corrected chi connectivity index (χ4v) is 5.05.